The van der Waals surface area contributed by atoms with E-state index in [2.05, 4.69) is 222 Å². The highest BCUT2D eigenvalue weighted by atomic mass is 35.7. The molecule has 22 atom stereocenters. The van der Waals surface area contributed by atoms with Crippen molar-refractivity contribution in [1.29, 1.82) is 0 Å². The lowest BCUT2D eigenvalue weighted by Gasteiger charge is -2.58. The first-order chi connectivity index (χ1) is 63.8. The monoisotopic (exact) mass is 1980 g/mol. The number of methoxy groups -OCH3 is 1. The highest BCUT2D eigenvalue weighted by Gasteiger charge is 2.62. The van der Waals surface area contributed by atoms with Gasteiger partial charge >= 0.3 is 17.9 Å². The van der Waals surface area contributed by atoms with Crippen LogP contribution in [-0.2, 0) is 43.5 Å². The Bertz CT molecular complexity index is 3940. The summed E-state index contributed by atoms with van der Waals surface area (Å²) in [5.74, 6) is 11.7. The van der Waals surface area contributed by atoms with Crippen molar-refractivity contribution in [3.05, 3.63) is 78.7 Å². The van der Waals surface area contributed by atoms with E-state index in [1.807, 2.05) is 26.3 Å². The lowest BCUT2D eigenvalue weighted by Crippen LogP contribution is -2.51. The van der Waals surface area contributed by atoms with E-state index in [4.69, 9.17) is 57.6 Å². The number of hydrogen-bond donors (Lipinski definition) is 5. The molecule has 0 bridgehead atoms. The fraction of sp³-hybridized carbons (Fsp3) is 0.882. The number of amides is 3. The first-order valence-corrected chi connectivity index (χ1v) is 60.2. The van der Waals surface area contributed by atoms with Crippen LogP contribution in [0.15, 0.2) is 39.1 Å². The SMILES string of the molecule is C.CC.CC(C)CCC[C@@H](C)[C@H]1CCC2C3CC=C4C[C@@H](C)CC[C@]4(C)C3CC[C@@]21C.CC(C)CCC[C@@H](C)[C@H]1CCC2C3CC=C4C[C@@H](OC(=O)NCCCCCCN)CC[C@]4(C)C3CC[C@@]21C.[C-]#[N+]CCOP(Cl)N(C(C)C)C(C)C.[C-]#[N+]CCOP(O[C@@H]1C(O[Si](C)(C)C(C)(C)C)[C@H](c2cn(CCC(=O)NCCCCCCNC(=O)OC)c(=O)[nH]c2=O)O[C@@H]1CC)N(C(C)C)C(C)C. The fourth-order valence-corrected chi connectivity index (χ4v) is 31.0. The van der Waals surface area contributed by atoms with Crippen molar-refractivity contribution in [3.63, 3.8) is 0 Å². The molecule has 0 aromatic carbocycles. The van der Waals surface area contributed by atoms with E-state index in [1.165, 1.54) is 146 Å². The second-order valence-corrected chi connectivity index (χ2v) is 54.4. The minimum atomic E-state index is -2.49. The zero-order valence-corrected chi connectivity index (χ0v) is 94.0. The molecule has 10 rings (SSSR count). The second kappa shape index (κ2) is 59.0. The van der Waals surface area contributed by atoms with E-state index in [1.54, 1.807) is 5.57 Å². The van der Waals surface area contributed by atoms with Crippen LogP contribution in [0.25, 0.3) is 9.69 Å². The van der Waals surface area contributed by atoms with Crippen LogP contribution < -0.4 is 32.9 Å². The van der Waals surface area contributed by atoms with Crippen molar-refractivity contribution in [2.45, 2.75) is 465 Å². The molecular formula is C110H201ClN10O12P2Si. The van der Waals surface area contributed by atoms with E-state index in [0.29, 0.717) is 73.0 Å². The normalized spacial score (nSPS) is 29.1. The third kappa shape index (κ3) is 34.2. The number of unbranched alkanes of at least 4 members (excludes halogenated alkanes) is 6. The predicted molar refractivity (Wildman–Crippen MR) is 571 cm³/mol. The molecule has 0 radical (unpaired) electrons. The Labute approximate surface area is 838 Å². The lowest BCUT2D eigenvalue weighted by atomic mass is 9.46. The van der Waals surface area contributed by atoms with Crippen molar-refractivity contribution in [1.82, 2.24) is 34.8 Å². The first-order valence-electron chi connectivity index (χ1n) is 54.0. The van der Waals surface area contributed by atoms with Gasteiger partial charge in [-0.3, -0.25) is 19.1 Å². The summed E-state index contributed by atoms with van der Waals surface area (Å²) in [6, 6.07) is 0.896. The number of nitrogens with zero attached hydrogens (tertiary/aromatic N) is 5. The first kappa shape index (κ1) is 123. The van der Waals surface area contributed by atoms with Crippen LogP contribution >= 0.6 is 27.4 Å². The molecule has 9 unspecified atom stereocenters. The smallest absolute Gasteiger partial charge is 0.407 e. The number of rotatable bonds is 45. The molecule has 1 aliphatic heterocycles. The number of aromatic nitrogens is 2. The number of fused-ring (bicyclic) bond motifs is 10. The summed E-state index contributed by atoms with van der Waals surface area (Å²) in [4.78, 5) is 71.9. The fourth-order valence-electron chi connectivity index (χ4n) is 25.6. The largest absolute Gasteiger partial charge is 0.453 e. The van der Waals surface area contributed by atoms with E-state index >= 15 is 0 Å². The van der Waals surface area contributed by atoms with Gasteiger partial charge in [0.25, 0.3) is 14.1 Å². The average molecular weight is 1980 g/mol. The van der Waals surface area contributed by atoms with Crippen LogP contribution in [-0.4, -0.2) is 153 Å². The Hall–Kier alpha value is -3.80. The molecule has 7 fully saturated rings. The van der Waals surface area contributed by atoms with Crippen LogP contribution in [0.4, 0.5) is 9.59 Å². The molecule has 6 N–H and O–H groups in total. The zero-order valence-electron chi connectivity index (χ0n) is 90.4. The van der Waals surface area contributed by atoms with Crippen molar-refractivity contribution in [2.24, 2.45) is 104 Å². The highest BCUT2D eigenvalue weighted by molar-refractivity contribution is 7.78. The molecule has 3 amide bonds. The number of allylic oxidation sites excluding steroid dienone is 3. The third-order valence-electron chi connectivity index (χ3n) is 33.7. The molecule has 0 spiro atoms. The van der Waals surface area contributed by atoms with Crippen molar-refractivity contribution < 1.29 is 46.6 Å². The summed E-state index contributed by atoms with van der Waals surface area (Å²) in [7, 11) is -3.88. The van der Waals surface area contributed by atoms with Crippen LogP contribution in [0.2, 0.25) is 18.1 Å². The Kier molecular flexibility index (Phi) is 53.2. The average Bonchev–Trinajstić information content (AvgIpc) is 1.45. The quantitative estimate of drug-likeness (QED) is 0.0134. The summed E-state index contributed by atoms with van der Waals surface area (Å²) in [6.45, 7) is 78.8. The predicted octanol–water partition coefficient (Wildman–Crippen LogP) is 28.3. The van der Waals surface area contributed by atoms with Gasteiger partial charge in [0, 0.05) is 69.4 Å². The van der Waals surface area contributed by atoms with Gasteiger partial charge in [0.15, 0.2) is 8.32 Å². The minimum Gasteiger partial charge on any atom is -0.453 e. The lowest BCUT2D eigenvalue weighted by molar-refractivity contribution is -0.121. The van der Waals surface area contributed by atoms with E-state index in [9.17, 15) is 24.0 Å². The maximum Gasteiger partial charge on any atom is 0.407 e. The van der Waals surface area contributed by atoms with Gasteiger partial charge in [0.1, 0.15) is 37.6 Å². The number of nitrogens with one attached hydrogen (secondary N) is 4. The molecule has 2 heterocycles. The van der Waals surface area contributed by atoms with Gasteiger partial charge in [-0.15, -0.1) is 0 Å². The van der Waals surface area contributed by atoms with Gasteiger partial charge in [-0.2, -0.15) is 0 Å². The van der Waals surface area contributed by atoms with E-state index < -0.39 is 66.3 Å². The number of hydrogen-bond acceptors (Lipinski definition) is 15. The number of halogens is 1. The number of nitrogens with two attached hydrogens (primary N) is 1. The molecule has 136 heavy (non-hydrogen) atoms. The molecular weight excluding hydrogens is 1780 g/mol. The van der Waals surface area contributed by atoms with Gasteiger partial charge < -0.3 is 63.6 Å². The molecule has 8 aliphatic carbocycles. The molecule has 22 nitrogen and oxygen atoms in total. The van der Waals surface area contributed by atoms with Crippen LogP contribution in [0, 0.1) is 112 Å². The number of aryl methyl sites for hydroxylation is 1. The van der Waals surface area contributed by atoms with Gasteiger partial charge in [0.2, 0.25) is 26.6 Å². The highest BCUT2D eigenvalue weighted by Crippen LogP contribution is 2.70. The maximum absolute atomic E-state index is 13.5. The van der Waals surface area contributed by atoms with Crippen LogP contribution in [0.1, 0.15) is 398 Å². The Morgan fingerprint density at radius 1 is 0.632 bits per heavy atom. The molecule has 1 aromatic rings. The molecule has 9 aliphatic rings. The summed E-state index contributed by atoms with van der Waals surface area (Å²) >= 11 is 6.14. The second-order valence-electron chi connectivity index (χ2n) is 46.2. The molecule has 1 saturated heterocycles. The summed E-state index contributed by atoms with van der Waals surface area (Å²) in [6.07, 6.45) is 42.4. The molecule has 784 valence electrons. The Morgan fingerprint density at radius 2 is 1.11 bits per heavy atom. The van der Waals surface area contributed by atoms with E-state index in [0.717, 1.165) is 148 Å². The number of carbonyl (C=O) groups is 3. The van der Waals surface area contributed by atoms with Crippen molar-refractivity contribution in [2.75, 3.05) is 59.6 Å². The zero-order chi connectivity index (χ0) is 101. The molecule has 26 heteroatoms. The van der Waals surface area contributed by atoms with E-state index in [-0.39, 0.29) is 74.3 Å². The third-order valence-corrected chi connectivity index (χ3v) is 42.8. The van der Waals surface area contributed by atoms with Gasteiger partial charge in [-0.1, -0.05) is 213 Å². The van der Waals surface area contributed by atoms with Gasteiger partial charge in [-0.25, -0.2) is 36.9 Å². The Morgan fingerprint density at radius 3 is 1.58 bits per heavy atom. The number of ether oxygens (including phenoxy) is 3. The number of alkyl carbamates (subject to hydrolysis) is 2. The topological polar surface area (TPSA) is 248 Å². The minimum absolute atomic E-state index is 0. The molecule has 6 saturated carbocycles. The number of H-pyrrole nitrogens is 1. The van der Waals surface area contributed by atoms with Crippen LogP contribution in [0.3, 0.4) is 0 Å². The number of carbonyl (C=O) groups excluding carboxylic acids is 3. The summed E-state index contributed by atoms with van der Waals surface area (Å²) in [5, 5.41) is 8.34. The van der Waals surface area contributed by atoms with Crippen molar-refractivity contribution >= 4 is 53.8 Å². The van der Waals surface area contributed by atoms with Gasteiger partial charge in [-0.05, 0) is 318 Å². The van der Waals surface area contributed by atoms with Crippen molar-refractivity contribution in [3.8, 4) is 0 Å². The summed E-state index contributed by atoms with van der Waals surface area (Å²) in [5.41, 5.74) is 10.1. The van der Waals surface area contributed by atoms with Crippen LogP contribution in [0.5, 0.6) is 0 Å². The number of aromatic amines is 1. The Balaban J connectivity index is 0.000000343. The summed E-state index contributed by atoms with van der Waals surface area (Å²) < 4.78 is 48.4. The standard InChI is InChI=1S/C36H65N6O9PSi.C34H60N2O2.C28H48.C9H18ClN2OP.C2H6.CH4/c1-13-28-31(50-52(48-23-21-37-9)42(25(2)3)26(4)5)32(51-53(11,12)36(6,7)8)30(49-28)27-24-41(34(45)40-33(27)44)22-18-29(43)38-19-16-14-15-17-20-39-35(46)47-10;1-24(2)11-10-12-25(3)29-15-16-30-28-14-13-26-23-27(38-32(37)36-22-9-7-6-8-21-35)17-19-33(26,4)31(28)18-20-34(29,30)5;1-19(2)8-7-9-21(4)24-12-13-25-23-11-10-22-18-20(3)14-16-27(22,5)26(23)15-17-28(24,25)6;1-8(2)12(9(3)4)14(10)13-7-6-11-5;1-2;/h24-26,28,30-32H,13-23H2,1-8,10-12H3,(H,38,43)(H,39,46)(H,40,44,45);13,24-25,27-31H,6-12,14-23,35H2,1-5H3,(H,36,37);10,19-21,23-26H,7-9,11-18H2,1-6H3;8-9H,6-7H2,1-4H3;1-2H3;1H4/t28-,30+,31+,32?,52?;25-,27+,28?,29-,30?,31?,33+,34-;20-,21+,23?,24+,25?,26?,27-,28+;;;/m110.../s1. The van der Waals surface area contributed by atoms with Gasteiger partial charge in [0.05, 0.1) is 18.8 Å². The molecule has 1 aromatic heterocycles. The maximum atomic E-state index is 13.5.